The van der Waals surface area contributed by atoms with Gasteiger partial charge in [0, 0.05) is 16.1 Å². The molecule has 0 radical (unpaired) electrons. The largest absolute Gasteiger partial charge is 0.311 e. The van der Waals surface area contributed by atoms with Crippen molar-refractivity contribution in [3.05, 3.63) is 34.6 Å². The maximum absolute atomic E-state index is 4.19. The Morgan fingerprint density at radius 3 is 2.75 bits per heavy atom. The van der Waals surface area contributed by atoms with E-state index in [0.29, 0.717) is 6.04 Å². The predicted octanol–water partition coefficient (Wildman–Crippen LogP) is 3.60. The molecule has 0 bridgehead atoms. The zero-order valence-electron chi connectivity index (χ0n) is 9.61. The molecule has 2 aromatic rings. The van der Waals surface area contributed by atoms with E-state index in [1.165, 1.54) is 5.56 Å². The lowest BCUT2D eigenvalue weighted by atomic mass is 10.1. The van der Waals surface area contributed by atoms with E-state index < -0.39 is 0 Å². The van der Waals surface area contributed by atoms with Crippen molar-refractivity contribution in [2.24, 2.45) is 0 Å². The van der Waals surface area contributed by atoms with Gasteiger partial charge in [-0.2, -0.15) is 0 Å². The Hall–Kier alpha value is -1.16. The SMILES string of the molecule is Cc1cccc(-c2nncn2C(C)C)c1Br. The summed E-state index contributed by atoms with van der Waals surface area (Å²) in [7, 11) is 0. The Morgan fingerprint density at radius 2 is 2.06 bits per heavy atom. The molecule has 1 aromatic carbocycles. The van der Waals surface area contributed by atoms with E-state index in [0.717, 1.165) is 15.9 Å². The Morgan fingerprint density at radius 1 is 1.31 bits per heavy atom. The fourth-order valence-electron chi connectivity index (χ4n) is 1.63. The molecule has 3 nitrogen and oxygen atoms in total. The van der Waals surface area contributed by atoms with Crippen LogP contribution in [0.1, 0.15) is 25.5 Å². The van der Waals surface area contributed by atoms with Crippen molar-refractivity contribution in [2.75, 3.05) is 0 Å². The first kappa shape index (κ1) is 11.3. The second kappa shape index (κ2) is 4.37. The second-order valence-electron chi connectivity index (χ2n) is 4.09. The minimum Gasteiger partial charge on any atom is -0.311 e. The number of hydrogen-bond acceptors (Lipinski definition) is 2. The summed E-state index contributed by atoms with van der Waals surface area (Å²) in [6.45, 7) is 6.32. The van der Waals surface area contributed by atoms with Gasteiger partial charge < -0.3 is 4.57 Å². The Kier molecular flexibility index (Phi) is 3.10. The summed E-state index contributed by atoms with van der Waals surface area (Å²) in [5, 5.41) is 8.18. The maximum Gasteiger partial charge on any atom is 0.165 e. The van der Waals surface area contributed by atoms with Crippen LogP contribution in [0.5, 0.6) is 0 Å². The summed E-state index contributed by atoms with van der Waals surface area (Å²) in [6.07, 6.45) is 1.77. The van der Waals surface area contributed by atoms with Crippen LogP contribution in [-0.4, -0.2) is 14.8 Å². The molecule has 16 heavy (non-hydrogen) atoms. The second-order valence-corrected chi connectivity index (χ2v) is 4.89. The van der Waals surface area contributed by atoms with Crippen molar-refractivity contribution < 1.29 is 0 Å². The molecule has 0 aliphatic rings. The average Bonchev–Trinajstić information content (AvgIpc) is 2.70. The lowest BCUT2D eigenvalue weighted by Gasteiger charge is -2.11. The molecule has 0 amide bonds. The fourth-order valence-corrected chi connectivity index (χ4v) is 2.08. The summed E-state index contributed by atoms with van der Waals surface area (Å²) in [5.41, 5.74) is 2.29. The van der Waals surface area contributed by atoms with E-state index in [2.05, 4.69) is 63.6 Å². The fraction of sp³-hybridized carbons (Fsp3) is 0.333. The molecular weight excluding hydrogens is 266 g/mol. The molecule has 0 spiro atoms. The van der Waals surface area contributed by atoms with Gasteiger partial charge in [-0.3, -0.25) is 0 Å². The Balaban J connectivity index is 2.59. The van der Waals surface area contributed by atoms with Crippen LogP contribution in [0.2, 0.25) is 0 Å². The number of benzene rings is 1. The van der Waals surface area contributed by atoms with Gasteiger partial charge in [0.2, 0.25) is 0 Å². The van der Waals surface area contributed by atoms with Gasteiger partial charge in [-0.05, 0) is 42.3 Å². The van der Waals surface area contributed by atoms with E-state index in [-0.39, 0.29) is 0 Å². The van der Waals surface area contributed by atoms with Crippen LogP contribution in [0.25, 0.3) is 11.4 Å². The highest BCUT2D eigenvalue weighted by Gasteiger charge is 2.13. The monoisotopic (exact) mass is 279 g/mol. The number of halogens is 1. The zero-order valence-corrected chi connectivity index (χ0v) is 11.2. The van der Waals surface area contributed by atoms with Gasteiger partial charge in [-0.25, -0.2) is 0 Å². The predicted molar refractivity (Wildman–Crippen MR) is 68.3 cm³/mol. The number of aryl methyl sites for hydroxylation is 1. The van der Waals surface area contributed by atoms with Crippen LogP contribution < -0.4 is 0 Å². The van der Waals surface area contributed by atoms with Gasteiger partial charge in [0.25, 0.3) is 0 Å². The third-order valence-electron chi connectivity index (χ3n) is 2.56. The third-order valence-corrected chi connectivity index (χ3v) is 3.61. The van der Waals surface area contributed by atoms with E-state index in [1.54, 1.807) is 6.33 Å². The van der Waals surface area contributed by atoms with E-state index in [1.807, 2.05) is 6.07 Å². The highest BCUT2D eigenvalue weighted by Crippen LogP contribution is 2.30. The number of aromatic nitrogens is 3. The molecule has 0 unspecified atom stereocenters. The van der Waals surface area contributed by atoms with Crippen molar-refractivity contribution in [3.8, 4) is 11.4 Å². The minimum atomic E-state index is 0.359. The molecule has 0 saturated heterocycles. The van der Waals surface area contributed by atoms with Crippen molar-refractivity contribution >= 4 is 15.9 Å². The quantitative estimate of drug-likeness (QED) is 0.841. The van der Waals surface area contributed by atoms with Crippen LogP contribution in [-0.2, 0) is 0 Å². The van der Waals surface area contributed by atoms with Gasteiger partial charge in [0.1, 0.15) is 6.33 Å². The average molecular weight is 280 g/mol. The highest BCUT2D eigenvalue weighted by atomic mass is 79.9. The number of hydrogen-bond donors (Lipinski definition) is 0. The van der Waals surface area contributed by atoms with Crippen LogP contribution in [0.15, 0.2) is 29.0 Å². The molecule has 0 aliphatic heterocycles. The number of nitrogens with zero attached hydrogens (tertiary/aromatic N) is 3. The van der Waals surface area contributed by atoms with Crippen molar-refractivity contribution in [1.82, 2.24) is 14.8 Å². The van der Waals surface area contributed by atoms with Crippen molar-refractivity contribution in [3.63, 3.8) is 0 Å². The topological polar surface area (TPSA) is 30.7 Å². The maximum atomic E-state index is 4.19. The minimum absolute atomic E-state index is 0.359. The molecule has 84 valence electrons. The summed E-state index contributed by atoms with van der Waals surface area (Å²) in [5.74, 6) is 0.908. The van der Waals surface area contributed by atoms with E-state index in [4.69, 9.17) is 0 Å². The van der Waals surface area contributed by atoms with Gasteiger partial charge >= 0.3 is 0 Å². The van der Waals surface area contributed by atoms with Crippen LogP contribution in [0, 0.1) is 6.92 Å². The molecule has 0 saturated carbocycles. The summed E-state index contributed by atoms with van der Waals surface area (Å²) in [6, 6.07) is 6.52. The van der Waals surface area contributed by atoms with Gasteiger partial charge in [0.05, 0.1) is 0 Å². The Labute approximate surface area is 104 Å². The first-order valence-electron chi connectivity index (χ1n) is 5.26. The first-order valence-corrected chi connectivity index (χ1v) is 6.05. The highest BCUT2D eigenvalue weighted by molar-refractivity contribution is 9.10. The zero-order chi connectivity index (χ0) is 11.7. The molecule has 0 atom stereocenters. The molecule has 0 fully saturated rings. The molecule has 1 heterocycles. The summed E-state index contributed by atoms with van der Waals surface area (Å²) in [4.78, 5) is 0. The lowest BCUT2D eigenvalue weighted by molar-refractivity contribution is 0.604. The van der Waals surface area contributed by atoms with Gasteiger partial charge in [-0.1, -0.05) is 18.2 Å². The van der Waals surface area contributed by atoms with Crippen molar-refractivity contribution in [1.29, 1.82) is 0 Å². The van der Waals surface area contributed by atoms with Gasteiger partial charge in [-0.15, -0.1) is 10.2 Å². The number of rotatable bonds is 2. The van der Waals surface area contributed by atoms with Gasteiger partial charge in [0.15, 0.2) is 5.82 Å². The summed E-state index contributed by atoms with van der Waals surface area (Å²) < 4.78 is 3.16. The normalized spacial score (nSPS) is 11.1. The molecule has 0 aliphatic carbocycles. The van der Waals surface area contributed by atoms with E-state index in [9.17, 15) is 0 Å². The molecule has 1 aromatic heterocycles. The smallest absolute Gasteiger partial charge is 0.165 e. The standard InChI is InChI=1S/C12H14BrN3/c1-8(2)16-7-14-15-12(16)10-6-4-5-9(3)11(10)13/h4-8H,1-3H3. The Bertz CT molecular complexity index is 503. The first-order chi connectivity index (χ1) is 7.61. The molecule has 2 rings (SSSR count). The van der Waals surface area contributed by atoms with E-state index >= 15 is 0 Å². The third kappa shape index (κ3) is 1.89. The van der Waals surface area contributed by atoms with Crippen molar-refractivity contribution in [2.45, 2.75) is 26.8 Å². The summed E-state index contributed by atoms with van der Waals surface area (Å²) >= 11 is 3.60. The molecule has 4 heteroatoms. The molecular formula is C12H14BrN3. The van der Waals surface area contributed by atoms with Crippen LogP contribution >= 0.6 is 15.9 Å². The molecule has 0 N–H and O–H groups in total. The lowest BCUT2D eigenvalue weighted by Crippen LogP contribution is -2.02. The van der Waals surface area contributed by atoms with Crippen LogP contribution in [0.3, 0.4) is 0 Å². The van der Waals surface area contributed by atoms with Crippen LogP contribution in [0.4, 0.5) is 0 Å².